The van der Waals surface area contributed by atoms with Crippen molar-refractivity contribution in [2.24, 2.45) is 5.92 Å². The molecule has 2 aromatic rings. The molecule has 2 rings (SSSR count). The fourth-order valence-electron chi connectivity index (χ4n) is 2.38. The van der Waals surface area contributed by atoms with Gasteiger partial charge in [0.05, 0.1) is 31.8 Å². The van der Waals surface area contributed by atoms with Crippen LogP contribution in [-0.4, -0.2) is 32.2 Å². The summed E-state index contributed by atoms with van der Waals surface area (Å²) in [7, 11) is 1.49. The van der Waals surface area contributed by atoms with Gasteiger partial charge in [-0.05, 0) is 41.8 Å². The zero-order valence-corrected chi connectivity index (χ0v) is 16.7. The van der Waals surface area contributed by atoms with E-state index in [9.17, 15) is 9.59 Å². The minimum Gasteiger partial charge on any atom is -0.493 e. The summed E-state index contributed by atoms with van der Waals surface area (Å²) in [6, 6.07) is 13.6. The second-order valence-corrected chi connectivity index (χ2v) is 6.73. The highest BCUT2D eigenvalue weighted by molar-refractivity contribution is 5.95. The Morgan fingerprint density at radius 1 is 1.10 bits per heavy atom. The SMILES string of the molecule is COc1cc(C(=O)OCC(=O)Nc2ccc(CC#N)cc2)ccc1OCC(C)C. The predicted molar refractivity (Wildman–Crippen MR) is 108 cm³/mol. The second kappa shape index (κ2) is 10.7. The molecule has 0 saturated heterocycles. The summed E-state index contributed by atoms with van der Waals surface area (Å²) in [5.41, 5.74) is 1.67. The minimum absolute atomic E-state index is 0.257. The van der Waals surface area contributed by atoms with Crippen LogP contribution in [0.2, 0.25) is 0 Å². The first-order valence-corrected chi connectivity index (χ1v) is 9.16. The van der Waals surface area contributed by atoms with Crippen LogP contribution in [-0.2, 0) is 16.0 Å². The van der Waals surface area contributed by atoms with Crippen LogP contribution in [0.5, 0.6) is 11.5 Å². The topological polar surface area (TPSA) is 97.6 Å². The normalized spacial score (nSPS) is 10.2. The van der Waals surface area contributed by atoms with Crippen LogP contribution in [0.1, 0.15) is 29.8 Å². The molecule has 0 aromatic heterocycles. The van der Waals surface area contributed by atoms with Crippen LogP contribution >= 0.6 is 0 Å². The fraction of sp³-hybridized carbons (Fsp3) is 0.318. The Morgan fingerprint density at radius 2 is 1.83 bits per heavy atom. The molecule has 0 radical (unpaired) electrons. The molecule has 29 heavy (non-hydrogen) atoms. The molecule has 0 heterocycles. The van der Waals surface area contributed by atoms with Gasteiger partial charge >= 0.3 is 5.97 Å². The molecule has 0 aliphatic heterocycles. The van der Waals surface area contributed by atoms with Crippen molar-refractivity contribution in [1.29, 1.82) is 5.26 Å². The lowest BCUT2D eigenvalue weighted by Crippen LogP contribution is -2.21. The molecule has 0 fully saturated rings. The summed E-state index contributed by atoms with van der Waals surface area (Å²) in [5.74, 6) is 0.205. The van der Waals surface area contributed by atoms with Crippen molar-refractivity contribution in [3.8, 4) is 17.6 Å². The highest BCUT2D eigenvalue weighted by atomic mass is 16.5. The summed E-state index contributed by atoms with van der Waals surface area (Å²) in [6.45, 7) is 4.17. The van der Waals surface area contributed by atoms with Crippen molar-refractivity contribution in [3.05, 3.63) is 53.6 Å². The van der Waals surface area contributed by atoms with Crippen LogP contribution in [0.3, 0.4) is 0 Å². The van der Waals surface area contributed by atoms with Gasteiger partial charge in [0.1, 0.15) is 0 Å². The Bertz CT molecular complexity index is 885. The standard InChI is InChI=1S/C22H24N2O5/c1-15(2)13-28-19-9-6-17(12-20(19)27-3)22(26)29-14-21(25)24-18-7-4-16(5-8-18)10-11-23/h4-9,12,15H,10,13-14H2,1-3H3,(H,24,25). The number of rotatable bonds is 9. The average molecular weight is 396 g/mol. The molecule has 0 bridgehead atoms. The lowest BCUT2D eigenvalue weighted by Gasteiger charge is -2.13. The summed E-state index contributed by atoms with van der Waals surface area (Å²) in [4.78, 5) is 24.2. The maximum atomic E-state index is 12.2. The zero-order chi connectivity index (χ0) is 21.2. The molecule has 1 N–H and O–H groups in total. The van der Waals surface area contributed by atoms with Crippen molar-refractivity contribution in [3.63, 3.8) is 0 Å². The van der Waals surface area contributed by atoms with Crippen molar-refractivity contribution in [1.82, 2.24) is 0 Å². The molecule has 0 unspecified atom stereocenters. The van der Waals surface area contributed by atoms with Gasteiger partial charge < -0.3 is 19.5 Å². The highest BCUT2D eigenvalue weighted by Gasteiger charge is 2.14. The summed E-state index contributed by atoms with van der Waals surface area (Å²) < 4.78 is 16.0. The first kappa shape index (κ1) is 21.8. The maximum absolute atomic E-state index is 12.2. The first-order valence-electron chi connectivity index (χ1n) is 9.16. The molecule has 0 saturated carbocycles. The monoisotopic (exact) mass is 396 g/mol. The summed E-state index contributed by atoms with van der Waals surface area (Å²) >= 11 is 0. The molecule has 0 aliphatic rings. The zero-order valence-electron chi connectivity index (χ0n) is 16.7. The number of anilines is 1. The molecule has 1 amide bonds. The third kappa shape index (κ3) is 6.85. The number of hydrogen-bond donors (Lipinski definition) is 1. The number of methoxy groups -OCH3 is 1. The number of nitrogens with one attached hydrogen (secondary N) is 1. The van der Waals surface area contributed by atoms with Crippen molar-refractivity contribution < 1.29 is 23.8 Å². The van der Waals surface area contributed by atoms with E-state index in [1.807, 2.05) is 13.8 Å². The number of nitrogens with zero attached hydrogens (tertiary/aromatic N) is 1. The minimum atomic E-state index is -0.641. The highest BCUT2D eigenvalue weighted by Crippen LogP contribution is 2.28. The number of ether oxygens (including phenoxy) is 3. The van der Waals surface area contributed by atoms with Gasteiger partial charge in [-0.15, -0.1) is 0 Å². The van der Waals surface area contributed by atoms with Gasteiger partial charge in [-0.1, -0.05) is 26.0 Å². The fourth-order valence-corrected chi connectivity index (χ4v) is 2.38. The van der Waals surface area contributed by atoms with Crippen molar-refractivity contribution in [2.45, 2.75) is 20.3 Å². The average Bonchev–Trinajstić information content (AvgIpc) is 2.72. The molecule has 7 nitrogen and oxygen atoms in total. The largest absolute Gasteiger partial charge is 0.493 e. The predicted octanol–water partition coefficient (Wildman–Crippen LogP) is 3.59. The first-order chi connectivity index (χ1) is 13.9. The van der Waals surface area contributed by atoms with Gasteiger partial charge in [0, 0.05) is 5.69 Å². The van der Waals surface area contributed by atoms with Crippen molar-refractivity contribution in [2.75, 3.05) is 25.6 Å². The summed E-state index contributed by atoms with van der Waals surface area (Å²) in [6.07, 6.45) is 0.302. The smallest absolute Gasteiger partial charge is 0.338 e. The van der Waals surface area contributed by atoms with Gasteiger partial charge in [0.25, 0.3) is 5.91 Å². The van der Waals surface area contributed by atoms with Crippen LogP contribution in [0.4, 0.5) is 5.69 Å². The number of carbonyl (C=O) groups is 2. The Morgan fingerprint density at radius 3 is 2.45 bits per heavy atom. The van der Waals surface area contributed by atoms with Gasteiger partial charge in [-0.25, -0.2) is 4.79 Å². The number of nitriles is 1. The third-order valence-electron chi connectivity index (χ3n) is 3.83. The van der Waals surface area contributed by atoms with Gasteiger partial charge in [-0.2, -0.15) is 5.26 Å². The van der Waals surface area contributed by atoms with Crippen LogP contribution in [0, 0.1) is 17.2 Å². The van der Waals surface area contributed by atoms with E-state index in [1.165, 1.54) is 13.2 Å². The van der Waals surface area contributed by atoms with E-state index in [0.717, 1.165) is 5.56 Å². The number of benzene rings is 2. The van der Waals surface area contributed by atoms with E-state index in [1.54, 1.807) is 36.4 Å². The van der Waals surface area contributed by atoms with E-state index in [0.29, 0.717) is 36.1 Å². The number of amides is 1. The van der Waals surface area contributed by atoms with Crippen LogP contribution in [0.25, 0.3) is 0 Å². The number of esters is 1. The Kier molecular flexibility index (Phi) is 8.04. The van der Waals surface area contributed by atoms with Gasteiger partial charge in [0.15, 0.2) is 18.1 Å². The molecule has 0 aliphatic carbocycles. The Hall–Kier alpha value is -3.53. The third-order valence-corrected chi connectivity index (χ3v) is 3.83. The number of hydrogen-bond acceptors (Lipinski definition) is 6. The number of carbonyl (C=O) groups excluding carboxylic acids is 2. The van der Waals surface area contributed by atoms with E-state index < -0.39 is 18.5 Å². The van der Waals surface area contributed by atoms with Crippen LogP contribution in [0.15, 0.2) is 42.5 Å². The van der Waals surface area contributed by atoms with E-state index in [4.69, 9.17) is 19.5 Å². The lowest BCUT2D eigenvalue weighted by atomic mass is 10.1. The quantitative estimate of drug-likeness (QED) is 0.651. The Balaban J connectivity index is 1.90. The van der Waals surface area contributed by atoms with Gasteiger partial charge in [-0.3, -0.25) is 4.79 Å². The van der Waals surface area contributed by atoms with E-state index in [2.05, 4.69) is 11.4 Å². The molecular formula is C22H24N2O5. The summed E-state index contributed by atoms with van der Waals surface area (Å²) in [5, 5.41) is 11.3. The van der Waals surface area contributed by atoms with E-state index in [-0.39, 0.29) is 5.56 Å². The van der Waals surface area contributed by atoms with Crippen LogP contribution < -0.4 is 14.8 Å². The molecule has 0 spiro atoms. The molecule has 152 valence electrons. The maximum Gasteiger partial charge on any atom is 0.338 e. The van der Waals surface area contributed by atoms with Gasteiger partial charge in [0.2, 0.25) is 0 Å². The van der Waals surface area contributed by atoms with Crippen molar-refractivity contribution >= 4 is 17.6 Å². The molecular weight excluding hydrogens is 372 g/mol. The molecule has 7 heteroatoms. The van der Waals surface area contributed by atoms with E-state index >= 15 is 0 Å². The second-order valence-electron chi connectivity index (χ2n) is 6.73. The molecule has 2 aromatic carbocycles. The molecule has 0 atom stereocenters. The lowest BCUT2D eigenvalue weighted by molar-refractivity contribution is -0.119. The Labute approximate surface area is 170 Å².